The maximum absolute atomic E-state index is 12.8. The van der Waals surface area contributed by atoms with Crippen LogP contribution in [0.4, 0.5) is 4.79 Å². The number of piperidine rings is 1. The normalized spacial score (nSPS) is 40.6. The van der Waals surface area contributed by atoms with E-state index < -0.39 is 0 Å². The Bertz CT molecular complexity index is 1070. The molecule has 1 aromatic heterocycles. The lowest BCUT2D eigenvalue weighted by molar-refractivity contribution is -0.0874. The first-order chi connectivity index (χ1) is 17.3. The lowest BCUT2D eigenvalue weighted by Crippen LogP contribution is -2.52. The van der Waals surface area contributed by atoms with Crippen LogP contribution in [-0.4, -0.2) is 36.2 Å². The molecule has 4 aliphatic carbocycles. The van der Waals surface area contributed by atoms with Crippen LogP contribution in [0.1, 0.15) is 89.5 Å². The van der Waals surface area contributed by atoms with Gasteiger partial charge in [0.05, 0.1) is 6.26 Å². The van der Waals surface area contributed by atoms with Crippen LogP contribution in [-0.2, 0) is 4.74 Å². The molecule has 4 fully saturated rings. The fraction of sp³-hybridized carbons (Fsp3) is 0.733. The Morgan fingerprint density at radius 3 is 2.64 bits per heavy atom. The molecule has 0 spiro atoms. The second-order valence-corrected chi connectivity index (χ2v) is 12.9. The van der Waals surface area contributed by atoms with Crippen LogP contribution in [0.25, 0.3) is 0 Å². The van der Waals surface area contributed by atoms with Crippen LogP contribution in [0, 0.1) is 28.6 Å². The summed E-state index contributed by atoms with van der Waals surface area (Å²) in [5.41, 5.74) is 9.06. The first-order valence-electron chi connectivity index (χ1n) is 14.3. The van der Waals surface area contributed by atoms with Crippen molar-refractivity contribution in [2.45, 2.75) is 96.1 Å². The van der Waals surface area contributed by atoms with Gasteiger partial charge in [-0.1, -0.05) is 25.5 Å². The smallest absolute Gasteiger partial charge is 0.410 e. The molecule has 1 saturated heterocycles. The zero-order chi connectivity index (χ0) is 25.1. The van der Waals surface area contributed by atoms with Crippen molar-refractivity contribution in [2.75, 3.05) is 13.1 Å². The van der Waals surface area contributed by atoms with Gasteiger partial charge in [-0.15, -0.1) is 0 Å². The predicted molar refractivity (Wildman–Crippen MR) is 138 cm³/mol. The third-order valence-corrected chi connectivity index (χ3v) is 11.2. The number of carbonyl (C=O) groups excluding carboxylic acids is 1. The molecular weight excluding hydrogens is 452 g/mol. The molecule has 6 heteroatoms. The number of fused-ring (bicyclic) bond motifs is 5. The maximum Gasteiger partial charge on any atom is 0.410 e. The molecule has 1 aliphatic heterocycles. The number of allylic oxidation sites excluding steroid dienone is 2. The summed E-state index contributed by atoms with van der Waals surface area (Å²) in [6, 6.07) is 3.76. The molecule has 6 nitrogen and oxygen atoms in total. The SMILES string of the molecule is C[C@]12CC[C@H](OC(=O)N3CCC(N)CC3)C[C@H]1CC[C@H]1C3=CC[C@H](c4ccc(=O)oc4)[C@@]3(C)CC[C@@H]12. The molecule has 1 aromatic rings. The molecule has 1 amide bonds. The number of nitrogens with zero attached hydrogens (tertiary/aromatic N) is 1. The van der Waals surface area contributed by atoms with Gasteiger partial charge in [0.1, 0.15) is 6.10 Å². The number of ether oxygens (including phenoxy) is 1. The largest absolute Gasteiger partial charge is 0.446 e. The van der Waals surface area contributed by atoms with E-state index in [1.54, 1.807) is 17.9 Å². The molecule has 6 rings (SSSR count). The zero-order valence-electron chi connectivity index (χ0n) is 21.9. The number of nitrogens with two attached hydrogens (primary N) is 1. The van der Waals surface area contributed by atoms with E-state index in [1.165, 1.54) is 31.2 Å². The minimum Gasteiger partial charge on any atom is -0.446 e. The highest BCUT2D eigenvalue weighted by Crippen LogP contribution is 2.67. The van der Waals surface area contributed by atoms with Crippen molar-refractivity contribution in [3.8, 4) is 0 Å². The van der Waals surface area contributed by atoms with Gasteiger partial charge in [-0.2, -0.15) is 0 Å². The van der Waals surface area contributed by atoms with Crippen molar-refractivity contribution in [2.24, 2.45) is 34.3 Å². The van der Waals surface area contributed by atoms with Crippen LogP contribution in [0.5, 0.6) is 0 Å². The van der Waals surface area contributed by atoms with Crippen LogP contribution in [0.15, 0.2) is 39.3 Å². The van der Waals surface area contributed by atoms with Crippen molar-refractivity contribution in [3.63, 3.8) is 0 Å². The van der Waals surface area contributed by atoms with Crippen LogP contribution < -0.4 is 11.4 Å². The van der Waals surface area contributed by atoms with Gasteiger partial charge in [0.25, 0.3) is 0 Å². The number of hydrogen-bond acceptors (Lipinski definition) is 5. The Balaban J connectivity index is 1.13. The predicted octanol–water partition coefficient (Wildman–Crippen LogP) is 5.61. The third kappa shape index (κ3) is 3.95. The van der Waals surface area contributed by atoms with Gasteiger partial charge in [0.15, 0.2) is 0 Å². The van der Waals surface area contributed by atoms with Gasteiger partial charge in [0.2, 0.25) is 0 Å². The average Bonchev–Trinajstić information content (AvgIpc) is 3.22. The highest BCUT2D eigenvalue weighted by molar-refractivity contribution is 5.68. The highest BCUT2D eigenvalue weighted by Gasteiger charge is 2.58. The Morgan fingerprint density at radius 2 is 1.89 bits per heavy atom. The summed E-state index contributed by atoms with van der Waals surface area (Å²) in [7, 11) is 0. The zero-order valence-corrected chi connectivity index (χ0v) is 21.9. The van der Waals surface area contributed by atoms with Crippen molar-refractivity contribution >= 4 is 6.09 Å². The Hall–Kier alpha value is -2.08. The molecule has 0 aromatic carbocycles. The molecule has 36 heavy (non-hydrogen) atoms. The summed E-state index contributed by atoms with van der Waals surface area (Å²) in [4.78, 5) is 26.2. The van der Waals surface area contributed by atoms with E-state index in [1.807, 2.05) is 11.0 Å². The molecule has 0 unspecified atom stereocenters. The van der Waals surface area contributed by atoms with E-state index in [0.29, 0.717) is 29.1 Å². The summed E-state index contributed by atoms with van der Waals surface area (Å²) < 4.78 is 11.3. The van der Waals surface area contributed by atoms with E-state index in [9.17, 15) is 9.59 Å². The van der Waals surface area contributed by atoms with Crippen molar-refractivity contribution in [1.82, 2.24) is 4.90 Å². The molecule has 196 valence electrons. The van der Waals surface area contributed by atoms with Gasteiger partial charge >= 0.3 is 11.7 Å². The molecule has 0 radical (unpaired) electrons. The van der Waals surface area contributed by atoms with Gasteiger partial charge in [-0.3, -0.25) is 0 Å². The van der Waals surface area contributed by atoms with Crippen molar-refractivity contribution in [1.29, 1.82) is 0 Å². The Morgan fingerprint density at radius 1 is 1.08 bits per heavy atom. The lowest BCUT2D eigenvalue weighted by Gasteiger charge is -2.59. The van der Waals surface area contributed by atoms with E-state index in [-0.39, 0.29) is 29.3 Å². The van der Waals surface area contributed by atoms with Crippen LogP contribution >= 0.6 is 0 Å². The van der Waals surface area contributed by atoms with Crippen LogP contribution in [0.3, 0.4) is 0 Å². The first-order valence-corrected chi connectivity index (χ1v) is 14.3. The lowest BCUT2D eigenvalue weighted by atomic mass is 9.46. The first kappa shape index (κ1) is 24.3. The monoisotopic (exact) mass is 494 g/mol. The van der Waals surface area contributed by atoms with E-state index in [4.69, 9.17) is 14.9 Å². The summed E-state index contributed by atoms with van der Waals surface area (Å²) in [6.07, 6.45) is 15.0. The Kier molecular flexibility index (Phi) is 6.09. The molecule has 2 N–H and O–H groups in total. The standard InChI is InChI=1S/C30H42N2O4/c1-29-13-9-22(36-28(34)32-15-11-21(31)12-16-32)17-20(29)4-5-23-25-7-6-24(19-3-8-27(33)35-18-19)30(25,2)14-10-26(23)29/h3,7-8,18,20-24,26H,4-6,9-17,31H2,1-2H3/t20-,22+,23+,24-,26+,29+,30-/m1/s1. The minimum absolute atomic E-state index is 0.0550. The number of rotatable bonds is 2. The molecule has 2 heterocycles. The second-order valence-electron chi connectivity index (χ2n) is 12.9. The van der Waals surface area contributed by atoms with E-state index >= 15 is 0 Å². The quantitative estimate of drug-likeness (QED) is 0.540. The minimum atomic E-state index is -0.272. The van der Waals surface area contributed by atoms with Gasteiger partial charge < -0.3 is 19.8 Å². The Labute approximate surface area is 214 Å². The van der Waals surface area contributed by atoms with Gasteiger partial charge in [-0.05, 0) is 110 Å². The van der Waals surface area contributed by atoms with E-state index in [0.717, 1.165) is 51.6 Å². The molecule has 7 atom stereocenters. The van der Waals surface area contributed by atoms with Crippen LogP contribution in [0.2, 0.25) is 0 Å². The van der Waals surface area contributed by atoms with Gasteiger partial charge in [-0.25, -0.2) is 9.59 Å². The molecule has 0 bridgehead atoms. The fourth-order valence-corrected chi connectivity index (χ4v) is 9.03. The maximum atomic E-state index is 12.8. The summed E-state index contributed by atoms with van der Waals surface area (Å²) in [5, 5.41) is 0. The summed E-state index contributed by atoms with van der Waals surface area (Å²) in [5.74, 6) is 2.40. The molecule has 3 saturated carbocycles. The fourth-order valence-electron chi connectivity index (χ4n) is 9.03. The number of carbonyl (C=O) groups is 1. The van der Waals surface area contributed by atoms with Crippen molar-refractivity contribution < 1.29 is 13.9 Å². The summed E-state index contributed by atoms with van der Waals surface area (Å²) >= 11 is 0. The highest BCUT2D eigenvalue weighted by atomic mass is 16.6. The van der Waals surface area contributed by atoms with Gasteiger partial charge in [0, 0.05) is 25.2 Å². The second kappa shape index (κ2) is 9.04. The summed E-state index contributed by atoms with van der Waals surface area (Å²) in [6.45, 7) is 6.44. The number of hydrogen-bond donors (Lipinski definition) is 1. The van der Waals surface area contributed by atoms with Crippen molar-refractivity contribution in [3.05, 3.63) is 46.0 Å². The topological polar surface area (TPSA) is 85.8 Å². The number of amides is 1. The van der Waals surface area contributed by atoms with E-state index in [2.05, 4.69) is 19.9 Å². The average molecular weight is 495 g/mol. The molecular formula is C30H42N2O4. The molecule has 5 aliphatic rings. The third-order valence-electron chi connectivity index (χ3n) is 11.2. The number of likely N-dealkylation sites (tertiary alicyclic amines) is 1.